The molecule has 104 valence electrons. The molecule has 0 saturated carbocycles. The number of hydrogen-bond acceptors (Lipinski definition) is 0. The summed E-state index contributed by atoms with van der Waals surface area (Å²) < 4.78 is 14.4. The normalized spacial score (nSPS) is 12.1. The highest BCUT2D eigenvalue weighted by molar-refractivity contribution is 14.1. The lowest BCUT2D eigenvalue weighted by molar-refractivity contribution is 0.626. The second-order valence-electron chi connectivity index (χ2n) is 4.53. The van der Waals surface area contributed by atoms with Crippen molar-refractivity contribution in [2.75, 3.05) is 0 Å². The molecule has 21 heavy (non-hydrogen) atoms. The minimum atomic E-state index is -0.201. The van der Waals surface area contributed by atoms with E-state index in [1.807, 2.05) is 30.3 Å². The molecular weight excluding hydrogens is 394 g/mol. The number of halogens is 2. The van der Waals surface area contributed by atoms with Gasteiger partial charge in [0.2, 0.25) is 0 Å². The van der Waals surface area contributed by atoms with E-state index in [9.17, 15) is 4.39 Å². The Hall–Kier alpha value is -1.33. The largest absolute Gasteiger partial charge is 0.207 e. The lowest BCUT2D eigenvalue weighted by Crippen LogP contribution is -2.04. The zero-order chi connectivity index (χ0) is 14.7. The minimum absolute atomic E-state index is 0.196. The number of hydrogen-bond donors (Lipinski definition) is 0. The molecule has 0 N–H and O–H groups in total. The molecule has 0 radical (unpaired) electrons. The maximum Gasteiger partial charge on any atom is 0.166 e. The van der Waals surface area contributed by atoms with Gasteiger partial charge >= 0.3 is 0 Å². The van der Waals surface area contributed by atoms with Crippen molar-refractivity contribution in [2.24, 2.45) is 0 Å². The summed E-state index contributed by atoms with van der Waals surface area (Å²) >= 11 is 2.31. The monoisotopic (exact) mass is 407 g/mol. The first-order valence-corrected chi connectivity index (χ1v) is 8.85. The summed E-state index contributed by atoms with van der Waals surface area (Å²) in [5.41, 5.74) is 0. The molecule has 3 aromatic rings. The van der Waals surface area contributed by atoms with Crippen LogP contribution in [0.4, 0.5) is 4.39 Å². The van der Waals surface area contributed by atoms with Crippen LogP contribution in [0.25, 0.3) is 0 Å². The van der Waals surface area contributed by atoms with Gasteiger partial charge in [-0.2, -0.15) is 0 Å². The molecule has 0 saturated heterocycles. The quantitative estimate of drug-likeness (QED) is 0.396. The number of rotatable bonds is 3. The summed E-state index contributed by atoms with van der Waals surface area (Å²) in [7, 11) is -0.201. The Morgan fingerprint density at radius 2 is 1.10 bits per heavy atom. The second kappa shape index (κ2) is 6.62. The first-order chi connectivity index (χ1) is 10.2. The predicted molar refractivity (Wildman–Crippen MR) is 94.2 cm³/mol. The molecule has 0 aliphatic rings. The molecule has 1 atom stereocenters. The fourth-order valence-corrected chi connectivity index (χ4v) is 4.53. The highest BCUT2D eigenvalue weighted by Crippen LogP contribution is 2.31. The summed E-state index contributed by atoms with van der Waals surface area (Å²) in [4.78, 5) is 3.61. The molecule has 0 aromatic heterocycles. The Morgan fingerprint density at radius 3 is 1.67 bits per heavy atom. The Labute approximate surface area is 140 Å². The van der Waals surface area contributed by atoms with Crippen LogP contribution in [0.1, 0.15) is 0 Å². The number of benzene rings is 3. The SMILES string of the molecule is Fc1ccc([S+](c2ccccc2)c2ccc(I)cc2)cc1. The van der Waals surface area contributed by atoms with Crippen LogP contribution in [-0.2, 0) is 10.9 Å². The van der Waals surface area contributed by atoms with E-state index >= 15 is 0 Å². The molecule has 0 fully saturated rings. The predicted octanol–water partition coefficient (Wildman–Crippen LogP) is 5.53. The topological polar surface area (TPSA) is 0 Å². The van der Waals surface area contributed by atoms with E-state index in [2.05, 4.69) is 59.0 Å². The first kappa shape index (κ1) is 14.6. The fraction of sp³-hybridized carbons (Fsp3) is 0. The van der Waals surface area contributed by atoms with Crippen molar-refractivity contribution in [1.29, 1.82) is 0 Å². The van der Waals surface area contributed by atoms with Crippen LogP contribution in [0.2, 0.25) is 0 Å². The summed E-state index contributed by atoms with van der Waals surface area (Å²) in [6, 6.07) is 25.7. The third-order valence-electron chi connectivity index (χ3n) is 3.08. The van der Waals surface area contributed by atoms with Crippen molar-refractivity contribution >= 4 is 33.5 Å². The summed E-state index contributed by atoms with van der Waals surface area (Å²) in [6.07, 6.45) is 0. The van der Waals surface area contributed by atoms with Gasteiger partial charge in [0.15, 0.2) is 14.7 Å². The molecule has 3 aromatic carbocycles. The van der Waals surface area contributed by atoms with Crippen LogP contribution in [0.3, 0.4) is 0 Å². The minimum Gasteiger partial charge on any atom is -0.207 e. The van der Waals surface area contributed by atoms with E-state index in [1.165, 1.54) is 25.5 Å². The Balaban J connectivity index is 2.11. The highest BCUT2D eigenvalue weighted by Gasteiger charge is 2.28. The van der Waals surface area contributed by atoms with Crippen molar-refractivity contribution in [3.63, 3.8) is 0 Å². The molecule has 0 bridgehead atoms. The zero-order valence-electron chi connectivity index (χ0n) is 11.2. The zero-order valence-corrected chi connectivity index (χ0v) is 14.1. The molecule has 0 aliphatic heterocycles. The van der Waals surface area contributed by atoms with Crippen molar-refractivity contribution in [3.05, 3.63) is 88.3 Å². The van der Waals surface area contributed by atoms with Gasteiger partial charge in [-0.05, 0) is 83.3 Å². The van der Waals surface area contributed by atoms with E-state index in [1.54, 1.807) is 0 Å². The van der Waals surface area contributed by atoms with Crippen molar-refractivity contribution in [1.82, 2.24) is 0 Å². The third-order valence-corrected chi connectivity index (χ3v) is 6.03. The molecule has 1 unspecified atom stereocenters. The highest BCUT2D eigenvalue weighted by atomic mass is 127. The summed E-state index contributed by atoms with van der Waals surface area (Å²) in [6.45, 7) is 0. The van der Waals surface area contributed by atoms with E-state index in [0.29, 0.717) is 0 Å². The van der Waals surface area contributed by atoms with Gasteiger partial charge in [-0.15, -0.1) is 0 Å². The maximum atomic E-state index is 13.2. The van der Waals surface area contributed by atoms with Gasteiger partial charge in [-0.25, -0.2) is 4.39 Å². The smallest absolute Gasteiger partial charge is 0.166 e. The maximum absolute atomic E-state index is 13.2. The van der Waals surface area contributed by atoms with Gasteiger partial charge in [0.25, 0.3) is 0 Å². The average molecular weight is 407 g/mol. The van der Waals surface area contributed by atoms with Crippen LogP contribution in [-0.4, -0.2) is 0 Å². The van der Waals surface area contributed by atoms with E-state index in [0.717, 1.165) is 4.90 Å². The van der Waals surface area contributed by atoms with E-state index in [4.69, 9.17) is 0 Å². The molecular formula is C18H13FIS+. The van der Waals surface area contributed by atoms with Gasteiger partial charge < -0.3 is 0 Å². The lowest BCUT2D eigenvalue weighted by Gasteiger charge is -2.07. The molecule has 3 rings (SSSR count). The summed E-state index contributed by atoms with van der Waals surface area (Å²) in [5.74, 6) is -0.196. The van der Waals surface area contributed by atoms with Crippen LogP contribution in [0, 0.1) is 9.39 Å². The molecule has 0 nitrogen and oxygen atoms in total. The van der Waals surface area contributed by atoms with Crippen molar-refractivity contribution in [3.8, 4) is 0 Å². The van der Waals surface area contributed by atoms with Crippen LogP contribution >= 0.6 is 22.6 Å². The average Bonchev–Trinajstić information content (AvgIpc) is 2.52. The van der Waals surface area contributed by atoms with Crippen LogP contribution in [0.5, 0.6) is 0 Å². The molecule has 0 aliphatic carbocycles. The molecule has 0 spiro atoms. The van der Waals surface area contributed by atoms with Gasteiger partial charge in [0.1, 0.15) is 5.82 Å². The summed E-state index contributed by atoms with van der Waals surface area (Å²) in [5, 5.41) is 0. The van der Waals surface area contributed by atoms with Gasteiger partial charge in [-0.3, -0.25) is 0 Å². The molecule has 0 heterocycles. The van der Waals surface area contributed by atoms with Crippen molar-refractivity contribution < 1.29 is 4.39 Å². The second-order valence-corrected chi connectivity index (χ2v) is 7.80. The molecule has 3 heteroatoms. The van der Waals surface area contributed by atoms with Gasteiger partial charge in [-0.1, -0.05) is 18.2 Å². The molecule has 0 amide bonds. The van der Waals surface area contributed by atoms with E-state index in [-0.39, 0.29) is 16.7 Å². The third kappa shape index (κ3) is 3.47. The lowest BCUT2D eigenvalue weighted by atomic mass is 10.3. The van der Waals surface area contributed by atoms with Crippen LogP contribution < -0.4 is 0 Å². The first-order valence-electron chi connectivity index (χ1n) is 6.54. The standard InChI is InChI=1S/C18H13FIS/c19-14-6-10-17(11-7-14)21(16-4-2-1-3-5-16)18-12-8-15(20)9-13-18/h1-13H/q+1. The fourth-order valence-electron chi connectivity index (χ4n) is 2.11. The van der Waals surface area contributed by atoms with Crippen molar-refractivity contribution in [2.45, 2.75) is 14.7 Å². The Bertz CT molecular complexity index is 663. The Morgan fingerprint density at radius 1 is 0.619 bits per heavy atom. The van der Waals surface area contributed by atoms with E-state index < -0.39 is 0 Å². The van der Waals surface area contributed by atoms with Crippen LogP contribution in [0.15, 0.2) is 93.5 Å². The van der Waals surface area contributed by atoms with Gasteiger partial charge in [0.05, 0.1) is 10.9 Å². The van der Waals surface area contributed by atoms with Gasteiger partial charge in [0, 0.05) is 3.57 Å². The Kier molecular flexibility index (Phi) is 4.60.